The molecule has 188 valence electrons. The van der Waals surface area contributed by atoms with Crippen LogP contribution >= 0.6 is 0 Å². The summed E-state index contributed by atoms with van der Waals surface area (Å²) >= 11 is 0. The second-order valence-electron chi connectivity index (χ2n) is 11.3. The van der Waals surface area contributed by atoms with Crippen LogP contribution in [0.3, 0.4) is 0 Å². The molecule has 6 N–H and O–H groups in total. The highest BCUT2D eigenvalue weighted by Crippen LogP contribution is 2.63. The van der Waals surface area contributed by atoms with E-state index in [9.17, 15) is 10.2 Å². The Labute approximate surface area is 208 Å². The van der Waals surface area contributed by atoms with Gasteiger partial charge >= 0.3 is 0 Å². The van der Waals surface area contributed by atoms with Gasteiger partial charge in [0.05, 0.1) is 22.7 Å². The first-order chi connectivity index (χ1) is 16.7. The molecule has 1 aromatic carbocycles. The van der Waals surface area contributed by atoms with Gasteiger partial charge in [0, 0.05) is 11.3 Å². The summed E-state index contributed by atoms with van der Waals surface area (Å²) in [4.78, 5) is 7.50. The number of H-pyrrole nitrogens is 1. The smallest absolute Gasteiger partial charge is 0.198 e. The molecule has 6 heteroatoms. The lowest BCUT2D eigenvalue weighted by atomic mass is 9.54. The Hall–Kier alpha value is -2.41. The second kappa shape index (κ2) is 8.91. The maximum Gasteiger partial charge on any atom is 0.198 e. The maximum absolute atomic E-state index is 12.2. The Morgan fingerprint density at radius 3 is 2.74 bits per heavy atom. The molecule has 4 aliphatic rings. The van der Waals surface area contributed by atoms with E-state index < -0.39 is 5.60 Å². The number of benzene rings is 1. The molecule has 0 amide bonds. The van der Waals surface area contributed by atoms with Crippen molar-refractivity contribution in [3.8, 4) is 0 Å². The van der Waals surface area contributed by atoms with Crippen LogP contribution in [0.4, 0.5) is 5.95 Å². The fourth-order valence-electron chi connectivity index (χ4n) is 7.27. The normalized spacial score (nSPS) is 36.0. The number of aromatic nitrogens is 2. The summed E-state index contributed by atoms with van der Waals surface area (Å²) in [6.07, 6.45) is 12.0. The van der Waals surface area contributed by atoms with Crippen molar-refractivity contribution >= 4 is 22.6 Å². The van der Waals surface area contributed by atoms with Crippen LogP contribution in [0.2, 0.25) is 0 Å². The standard InChI is InChI=1S/C27H33N3O2.C2H7N/c1-15-11-19-12-18-13-20(31)5-3-16(18)9-10-27(19,32)24-8-6-21(26(15,24)2)17-4-7-22-23(14-17)30-25(28)29-22;1-3-2/h4,6-7,11-12,14-16,20,24,31-32H,3,5,8-10,13H2,1-2H3,(H3,28,29,30);3H,1-2H3/t15?,16?,20?,24?,26?,27-;/m1./s1. The average molecular weight is 477 g/mol. The van der Waals surface area contributed by atoms with Crippen LogP contribution in [-0.4, -0.2) is 46.0 Å². The minimum atomic E-state index is -0.822. The van der Waals surface area contributed by atoms with E-state index in [1.807, 2.05) is 20.2 Å². The molecule has 2 aromatic rings. The van der Waals surface area contributed by atoms with Crippen LogP contribution in [0.5, 0.6) is 0 Å². The van der Waals surface area contributed by atoms with Crippen molar-refractivity contribution in [1.29, 1.82) is 0 Å². The molecule has 1 aromatic heterocycles. The van der Waals surface area contributed by atoms with Crippen LogP contribution in [0.25, 0.3) is 16.6 Å². The van der Waals surface area contributed by atoms with Gasteiger partial charge < -0.3 is 26.2 Å². The predicted octanol–water partition coefficient (Wildman–Crippen LogP) is 4.58. The molecule has 0 spiro atoms. The van der Waals surface area contributed by atoms with Gasteiger partial charge in [-0.05, 0) is 93.3 Å². The Bertz CT molecular complexity index is 1210. The van der Waals surface area contributed by atoms with E-state index in [1.165, 1.54) is 16.7 Å². The molecule has 5 unspecified atom stereocenters. The Balaban J connectivity index is 0.000000806. The van der Waals surface area contributed by atoms with Crippen molar-refractivity contribution in [2.75, 3.05) is 19.8 Å². The van der Waals surface area contributed by atoms with Gasteiger partial charge in [-0.2, -0.15) is 0 Å². The highest BCUT2D eigenvalue weighted by atomic mass is 16.3. The molecule has 0 aliphatic heterocycles. The molecule has 0 bridgehead atoms. The average Bonchev–Trinajstić information content (AvgIpc) is 3.33. The number of rotatable bonds is 1. The van der Waals surface area contributed by atoms with Gasteiger partial charge in [0.25, 0.3) is 0 Å². The molecule has 6 nitrogen and oxygen atoms in total. The number of aliphatic hydroxyl groups excluding tert-OH is 1. The highest BCUT2D eigenvalue weighted by molar-refractivity contribution is 5.84. The van der Waals surface area contributed by atoms with E-state index >= 15 is 0 Å². The molecular formula is C29H40N4O2. The number of hydrogen-bond acceptors (Lipinski definition) is 5. The van der Waals surface area contributed by atoms with Crippen molar-refractivity contribution in [2.45, 2.75) is 64.1 Å². The first kappa shape index (κ1) is 24.3. The fourth-order valence-corrected chi connectivity index (χ4v) is 7.27. The van der Waals surface area contributed by atoms with Gasteiger partial charge in [0.15, 0.2) is 5.95 Å². The van der Waals surface area contributed by atoms with Crippen molar-refractivity contribution in [1.82, 2.24) is 15.3 Å². The zero-order chi connectivity index (χ0) is 25.0. The van der Waals surface area contributed by atoms with E-state index in [4.69, 9.17) is 5.73 Å². The van der Waals surface area contributed by atoms with E-state index in [1.54, 1.807) is 0 Å². The minimum Gasteiger partial charge on any atom is -0.393 e. The molecule has 4 aliphatic carbocycles. The summed E-state index contributed by atoms with van der Waals surface area (Å²) in [5.74, 6) is 1.37. The summed E-state index contributed by atoms with van der Waals surface area (Å²) in [5, 5.41) is 25.2. The number of aliphatic hydroxyl groups is 2. The molecule has 6 atom stereocenters. The summed E-state index contributed by atoms with van der Waals surface area (Å²) in [6.45, 7) is 4.63. The number of imidazole rings is 1. The molecule has 1 heterocycles. The van der Waals surface area contributed by atoms with Gasteiger partial charge in [0.2, 0.25) is 0 Å². The number of fused-ring (bicyclic) bond motifs is 5. The lowest BCUT2D eigenvalue weighted by molar-refractivity contribution is -0.0455. The number of hydrogen-bond donors (Lipinski definition) is 5. The largest absolute Gasteiger partial charge is 0.393 e. The molecule has 0 saturated heterocycles. The van der Waals surface area contributed by atoms with Gasteiger partial charge in [-0.25, -0.2) is 4.98 Å². The minimum absolute atomic E-state index is 0.143. The number of nitrogens with zero attached hydrogens (tertiary/aromatic N) is 1. The number of nitrogens with two attached hydrogens (primary N) is 1. The van der Waals surface area contributed by atoms with Crippen LogP contribution in [0, 0.1) is 23.2 Å². The number of anilines is 1. The Kier molecular flexibility index (Phi) is 6.19. The molecule has 0 radical (unpaired) electrons. The molecular weight excluding hydrogens is 436 g/mol. The third-order valence-electron chi connectivity index (χ3n) is 9.18. The highest BCUT2D eigenvalue weighted by Gasteiger charge is 2.58. The summed E-state index contributed by atoms with van der Waals surface area (Å²) < 4.78 is 0. The second-order valence-corrected chi connectivity index (χ2v) is 11.3. The number of aromatic amines is 1. The SMILES string of the molecule is CC1C=C2C=C3CC(O)CCC3CC[C@]2(O)C2CC=C(c3ccc4nc(N)[nH]c4c3)C12C.CNC. The maximum atomic E-state index is 12.2. The number of allylic oxidation sites excluding steroid dienone is 3. The quantitative estimate of drug-likeness (QED) is 0.414. The van der Waals surface area contributed by atoms with E-state index in [-0.39, 0.29) is 17.4 Å². The topological polar surface area (TPSA) is 107 Å². The Morgan fingerprint density at radius 1 is 1.20 bits per heavy atom. The van der Waals surface area contributed by atoms with Crippen molar-refractivity contribution in [3.05, 3.63) is 53.1 Å². The fraction of sp³-hybridized carbons (Fsp3) is 0.552. The van der Waals surface area contributed by atoms with Gasteiger partial charge in [-0.3, -0.25) is 0 Å². The van der Waals surface area contributed by atoms with Crippen molar-refractivity contribution < 1.29 is 10.2 Å². The summed E-state index contributed by atoms with van der Waals surface area (Å²) in [7, 11) is 3.75. The number of nitrogen functional groups attached to an aromatic ring is 1. The van der Waals surface area contributed by atoms with Gasteiger partial charge in [-0.1, -0.05) is 43.7 Å². The van der Waals surface area contributed by atoms with Crippen molar-refractivity contribution in [3.63, 3.8) is 0 Å². The first-order valence-corrected chi connectivity index (χ1v) is 13.1. The predicted molar refractivity (Wildman–Crippen MR) is 143 cm³/mol. The summed E-state index contributed by atoms with van der Waals surface area (Å²) in [5.41, 5.74) is 11.7. The third kappa shape index (κ3) is 3.87. The van der Waals surface area contributed by atoms with Crippen LogP contribution < -0.4 is 11.1 Å². The van der Waals surface area contributed by atoms with E-state index in [0.717, 1.165) is 55.1 Å². The number of nitrogens with one attached hydrogen (secondary N) is 2. The summed E-state index contributed by atoms with van der Waals surface area (Å²) in [6, 6.07) is 6.33. The van der Waals surface area contributed by atoms with Crippen LogP contribution in [0.15, 0.2) is 47.6 Å². The lowest BCUT2D eigenvalue weighted by Crippen LogP contribution is -2.51. The molecule has 1 fully saturated rings. The zero-order valence-electron chi connectivity index (χ0n) is 21.4. The van der Waals surface area contributed by atoms with Crippen LogP contribution in [-0.2, 0) is 0 Å². The Morgan fingerprint density at radius 2 is 1.97 bits per heavy atom. The third-order valence-corrected chi connectivity index (χ3v) is 9.18. The van der Waals surface area contributed by atoms with Gasteiger partial charge in [-0.15, -0.1) is 0 Å². The molecule has 6 rings (SSSR count). The first-order valence-electron chi connectivity index (χ1n) is 13.1. The zero-order valence-corrected chi connectivity index (χ0v) is 21.4. The van der Waals surface area contributed by atoms with E-state index in [0.29, 0.717) is 17.8 Å². The van der Waals surface area contributed by atoms with E-state index in [2.05, 4.69) is 59.5 Å². The van der Waals surface area contributed by atoms with Crippen molar-refractivity contribution in [2.24, 2.45) is 23.2 Å². The molecule has 35 heavy (non-hydrogen) atoms. The monoisotopic (exact) mass is 476 g/mol. The molecule has 1 saturated carbocycles. The van der Waals surface area contributed by atoms with Crippen LogP contribution in [0.1, 0.15) is 57.9 Å². The van der Waals surface area contributed by atoms with Gasteiger partial charge in [0.1, 0.15) is 0 Å². The lowest BCUT2D eigenvalue weighted by Gasteiger charge is -2.51.